The van der Waals surface area contributed by atoms with Crippen molar-refractivity contribution in [2.24, 2.45) is 0 Å². The molecule has 1 aromatic rings. The predicted molar refractivity (Wildman–Crippen MR) is 51.5 cm³/mol. The maximum Gasteiger partial charge on any atom is 0.373 e. The van der Waals surface area contributed by atoms with Crippen molar-refractivity contribution >= 4 is 5.97 Å². The van der Waals surface area contributed by atoms with Crippen LogP contribution in [0.15, 0.2) is 4.42 Å². The molecule has 0 unspecified atom stereocenters. The molecule has 0 aromatic carbocycles. The Morgan fingerprint density at radius 2 is 2.21 bits per heavy atom. The third kappa shape index (κ3) is 2.13. The summed E-state index contributed by atoms with van der Waals surface area (Å²) >= 11 is 0. The van der Waals surface area contributed by atoms with Crippen molar-refractivity contribution in [1.29, 1.82) is 0 Å². The summed E-state index contributed by atoms with van der Waals surface area (Å²) in [6.07, 6.45) is 1.59. The third-order valence-electron chi connectivity index (χ3n) is 1.90. The van der Waals surface area contributed by atoms with E-state index in [1.807, 2.05) is 20.8 Å². The number of aromatic carboxylic acids is 1. The third-order valence-corrected chi connectivity index (χ3v) is 1.90. The molecule has 1 rings (SSSR count). The average molecular weight is 197 g/mol. The van der Waals surface area contributed by atoms with Crippen LogP contribution in [-0.4, -0.2) is 16.1 Å². The number of oxazole rings is 1. The first kappa shape index (κ1) is 10.8. The lowest BCUT2D eigenvalue weighted by atomic mass is 10.1. The van der Waals surface area contributed by atoms with E-state index in [0.29, 0.717) is 18.0 Å². The van der Waals surface area contributed by atoms with Gasteiger partial charge in [0.1, 0.15) is 0 Å². The van der Waals surface area contributed by atoms with Crippen LogP contribution in [0.4, 0.5) is 0 Å². The summed E-state index contributed by atoms with van der Waals surface area (Å²) in [6.45, 7) is 5.81. The van der Waals surface area contributed by atoms with E-state index in [0.717, 1.165) is 6.42 Å². The van der Waals surface area contributed by atoms with Crippen LogP contribution in [0.25, 0.3) is 0 Å². The van der Waals surface area contributed by atoms with Crippen LogP contribution < -0.4 is 0 Å². The van der Waals surface area contributed by atoms with Gasteiger partial charge in [-0.25, -0.2) is 9.78 Å². The zero-order valence-corrected chi connectivity index (χ0v) is 8.70. The molecular weight excluding hydrogens is 182 g/mol. The number of rotatable bonds is 4. The quantitative estimate of drug-likeness (QED) is 0.805. The second-order valence-corrected chi connectivity index (χ2v) is 3.53. The predicted octanol–water partition coefficient (Wildman–Crippen LogP) is 2.45. The van der Waals surface area contributed by atoms with Gasteiger partial charge in [0.25, 0.3) is 0 Å². The lowest BCUT2D eigenvalue weighted by Gasteiger charge is -1.98. The monoisotopic (exact) mass is 197 g/mol. The van der Waals surface area contributed by atoms with Crippen molar-refractivity contribution < 1.29 is 14.3 Å². The van der Waals surface area contributed by atoms with Crippen molar-refractivity contribution in [3.8, 4) is 0 Å². The van der Waals surface area contributed by atoms with Crippen molar-refractivity contribution in [2.75, 3.05) is 0 Å². The molecule has 14 heavy (non-hydrogen) atoms. The fourth-order valence-electron chi connectivity index (χ4n) is 1.24. The average Bonchev–Trinajstić information content (AvgIpc) is 2.49. The normalized spacial score (nSPS) is 10.9. The van der Waals surface area contributed by atoms with E-state index in [4.69, 9.17) is 9.52 Å². The minimum atomic E-state index is -1.04. The summed E-state index contributed by atoms with van der Waals surface area (Å²) < 4.78 is 5.17. The number of aryl methyl sites for hydroxylation is 1. The van der Waals surface area contributed by atoms with Crippen molar-refractivity contribution in [3.05, 3.63) is 17.3 Å². The number of hydrogen-bond acceptors (Lipinski definition) is 3. The highest BCUT2D eigenvalue weighted by atomic mass is 16.4. The van der Waals surface area contributed by atoms with Crippen LogP contribution in [0.1, 0.15) is 55.2 Å². The summed E-state index contributed by atoms with van der Waals surface area (Å²) in [5.74, 6) is -0.448. The molecule has 0 fully saturated rings. The molecule has 0 spiro atoms. The number of nitrogens with zero attached hydrogens (tertiary/aromatic N) is 1. The fourth-order valence-corrected chi connectivity index (χ4v) is 1.24. The molecule has 0 aliphatic heterocycles. The number of aromatic nitrogens is 1. The molecule has 0 atom stereocenters. The Labute approximate surface area is 83.0 Å². The largest absolute Gasteiger partial charge is 0.475 e. The van der Waals surface area contributed by atoms with Crippen LogP contribution in [-0.2, 0) is 6.42 Å². The highest BCUT2D eigenvalue weighted by molar-refractivity contribution is 5.85. The minimum absolute atomic E-state index is 0.0107. The van der Waals surface area contributed by atoms with Gasteiger partial charge in [0, 0.05) is 6.42 Å². The van der Waals surface area contributed by atoms with E-state index >= 15 is 0 Å². The summed E-state index contributed by atoms with van der Waals surface area (Å²) in [5, 5.41) is 8.86. The molecule has 0 aliphatic carbocycles. The zero-order valence-electron chi connectivity index (χ0n) is 8.70. The molecule has 0 amide bonds. The maximum atomic E-state index is 10.8. The van der Waals surface area contributed by atoms with Crippen molar-refractivity contribution in [1.82, 2.24) is 4.98 Å². The molecule has 4 heteroatoms. The number of carboxylic acid groups (broad SMARTS) is 1. The highest BCUT2D eigenvalue weighted by Gasteiger charge is 2.20. The van der Waals surface area contributed by atoms with Gasteiger partial charge in [0.2, 0.25) is 5.76 Å². The molecule has 1 N–H and O–H groups in total. The van der Waals surface area contributed by atoms with Crippen molar-refractivity contribution in [3.63, 3.8) is 0 Å². The molecule has 1 heterocycles. The summed E-state index contributed by atoms with van der Waals surface area (Å²) in [6, 6.07) is 0. The molecular formula is C10H15NO3. The van der Waals surface area contributed by atoms with Gasteiger partial charge in [-0.1, -0.05) is 20.8 Å². The van der Waals surface area contributed by atoms with E-state index in [-0.39, 0.29) is 11.7 Å². The first-order chi connectivity index (χ1) is 6.56. The Morgan fingerprint density at radius 3 is 2.57 bits per heavy atom. The van der Waals surface area contributed by atoms with Gasteiger partial charge in [0.15, 0.2) is 5.89 Å². The van der Waals surface area contributed by atoms with E-state index < -0.39 is 5.97 Å². The van der Waals surface area contributed by atoms with Gasteiger partial charge in [-0.05, 0) is 12.3 Å². The SMILES string of the molecule is CCCc1nc(C(C)C)c(C(=O)O)o1. The second-order valence-electron chi connectivity index (χ2n) is 3.53. The van der Waals surface area contributed by atoms with Gasteiger partial charge in [0.05, 0.1) is 5.69 Å². The number of carbonyl (C=O) groups is 1. The van der Waals surface area contributed by atoms with Gasteiger partial charge in [-0.3, -0.25) is 0 Å². The molecule has 0 bridgehead atoms. The first-order valence-corrected chi connectivity index (χ1v) is 4.79. The summed E-state index contributed by atoms with van der Waals surface area (Å²) in [4.78, 5) is 15.0. The molecule has 4 nitrogen and oxygen atoms in total. The zero-order chi connectivity index (χ0) is 10.7. The fraction of sp³-hybridized carbons (Fsp3) is 0.600. The van der Waals surface area contributed by atoms with Crippen molar-refractivity contribution in [2.45, 2.75) is 39.5 Å². The molecule has 1 aromatic heterocycles. The topological polar surface area (TPSA) is 63.3 Å². The second kappa shape index (κ2) is 4.26. The first-order valence-electron chi connectivity index (χ1n) is 4.79. The van der Waals surface area contributed by atoms with Gasteiger partial charge >= 0.3 is 5.97 Å². The van der Waals surface area contributed by atoms with Crippen LogP contribution in [0, 0.1) is 0 Å². The molecule has 0 aliphatic rings. The Kier molecular flexibility index (Phi) is 3.28. The standard InChI is InChI=1S/C10H15NO3/c1-4-5-7-11-8(6(2)3)9(14-7)10(12)13/h6H,4-5H2,1-3H3,(H,12,13). The maximum absolute atomic E-state index is 10.8. The van der Waals surface area contributed by atoms with Crippen LogP contribution >= 0.6 is 0 Å². The van der Waals surface area contributed by atoms with Gasteiger partial charge < -0.3 is 9.52 Å². The number of carboxylic acids is 1. The Morgan fingerprint density at radius 1 is 1.57 bits per heavy atom. The minimum Gasteiger partial charge on any atom is -0.475 e. The molecule has 78 valence electrons. The smallest absolute Gasteiger partial charge is 0.373 e. The molecule has 0 saturated carbocycles. The Balaban J connectivity index is 3.06. The van der Waals surface area contributed by atoms with Crippen LogP contribution in [0.3, 0.4) is 0 Å². The lowest BCUT2D eigenvalue weighted by molar-refractivity contribution is 0.0658. The van der Waals surface area contributed by atoms with E-state index in [1.165, 1.54) is 0 Å². The van der Waals surface area contributed by atoms with E-state index in [9.17, 15) is 4.79 Å². The van der Waals surface area contributed by atoms with Gasteiger partial charge in [-0.15, -0.1) is 0 Å². The highest BCUT2D eigenvalue weighted by Crippen LogP contribution is 2.20. The lowest BCUT2D eigenvalue weighted by Crippen LogP contribution is -2.01. The van der Waals surface area contributed by atoms with Crippen LogP contribution in [0.2, 0.25) is 0 Å². The summed E-state index contributed by atoms with van der Waals surface area (Å²) in [7, 11) is 0. The molecule has 0 radical (unpaired) electrons. The van der Waals surface area contributed by atoms with Gasteiger partial charge in [-0.2, -0.15) is 0 Å². The number of hydrogen-bond donors (Lipinski definition) is 1. The van der Waals surface area contributed by atoms with Crippen LogP contribution in [0.5, 0.6) is 0 Å². The van der Waals surface area contributed by atoms with E-state index in [1.54, 1.807) is 0 Å². The Hall–Kier alpha value is -1.32. The van der Waals surface area contributed by atoms with E-state index in [2.05, 4.69) is 4.98 Å². The summed E-state index contributed by atoms with van der Waals surface area (Å²) in [5.41, 5.74) is 0.543. The Bertz CT molecular complexity index is 328. The molecule has 0 saturated heterocycles.